The average Bonchev–Trinajstić information content (AvgIpc) is 2.63. The number of carbonyl (C=O) groups is 3. The van der Waals surface area contributed by atoms with Gasteiger partial charge in [-0.2, -0.15) is 0 Å². The zero-order valence-corrected chi connectivity index (χ0v) is 9.22. The molecule has 0 saturated carbocycles. The molecule has 0 unspecified atom stereocenters. The first kappa shape index (κ1) is 11.6. The second kappa shape index (κ2) is 4.84. The Hall–Kier alpha value is -1.49. The van der Waals surface area contributed by atoms with E-state index in [1.807, 2.05) is 6.92 Å². The smallest absolute Gasteiger partial charge is 0.374 e. The molecule has 1 aromatic rings. The van der Waals surface area contributed by atoms with Gasteiger partial charge in [0.25, 0.3) is 0 Å². The Morgan fingerprint density at radius 3 is 2.47 bits per heavy atom. The SMILES string of the molecule is COC(=O)C(=O)CC(=O)c1ccc(C)s1. The Bertz CT molecular complexity index is 405. The van der Waals surface area contributed by atoms with Crippen molar-refractivity contribution in [1.29, 1.82) is 0 Å². The van der Waals surface area contributed by atoms with Crippen LogP contribution in [0.1, 0.15) is 21.0 Å². The Balaban J connectivity index is 2.64. The molecular formula is C10H10O4S. The Labute approximate surface area is 90.9 Å². The molecule has 0 fully saturated rings. The molecule has 1 heterocycles. The molecule has 1 aromatic heterocycles. The number of thiophene rings is 1. The predicted octanol–water partition coefficient (Wildman–Crippen LogP) is 1.37. The summed E-state index contributed by atoms with van der Waals surface area (Å²) in [6, 6.07) is 3.44. The predicted molar refractivity (Wildman–Crippen MR) is 55.0 cm³/mol. The van der Waals surface area contributed by atoms with Crippen molar-refractivity contribution >= 4 is 28.9 Å². The molecule has 15 heavy (non-hydrogen) atoms. The van der Waals surface area contributed by atoms with Gasteiger partial charge in [0.15, 0.2) is 5.78 Å². The quantitative estimate of drug-likeness (QED) is 0.337. The van der Waals surface area contributed by atoms with Gasteiger partial charge in [-0.3, -0.25) is 9.59 Å². The number of esters is 1. The number of hydrogen-bond acceptors (Lipinski definition) is 5. The molecule has 0 radical (unpaired) electrons. The van der Waals surface area contributed by atoms with Gasteiger partial charge in [0, 0.05) is 4.88 Å². The van der Waals surface area contributed by atoms with Crippen LogP contribution >= 0.6 is 11.3 Å². The van der Waals surface area contributed by atoms with Crippen LogP contribution in [-0.2, 0) is 14.3 Å². The van der Waals surface area contributed by atoms with E-state index in [2.05, 4.69) is 4.74 Å². The molecule has 0 saturated heterocycles. The van der Waals surface area contributed by atoms with Crippen LogP contribution in [0.3, 0.4) is 0 Å². The van der Waals surface area contributed by atoms with E-state index in [-0.39, 0.29) is 5.78 Å². The lowest BCUT2D eigenvalue weighted by Crippen LogP contribution is -2.18. The lowest BCUT2D eigenvalue weighted by molar-refractivity contribution is -0.151. The van der Waals surface area contributed by atoms with Crippen molar-refractivity contribution in [1.82, 2.24) is 0 Å². The number of ketones is 2. The first-order chi connectivity index (χ1) is 7.04. The van der Waals surface area contributed by atoms with Crippen molar-refractivity contribution in [2.75, 3.05) is 7.11 Å². The minimum absolute atomic E-state index is 0.344. The van der Waals surface area contributed by atoms with Crippen LogP contribution in [0.25, 0.3) is 0 Å². The average molecular weight is 226 g/mol. The van der Waals surface area contributed by atoms with Gasteiger partial charge in [-0.15, -0.1) is 11.3 Å². The third-order valence-corrected chi connectivity index (χ3v) is 2.79. The van der Waals surface area contributed by atoms with E-state index in [0.717, 1.165) is 12.0 Å². The lowest BCUT2D eigenvalue weighted by atomic mass is 10.2. The topological polar surface area (TPSA) is 60.4 Å². The van der Waals surface area contributed by atoms with Gasteiger partial charge in [0.2, 0.25) is 5.78 Å². The number of aryl methyl sites for hydroxylation is 1. The van der Waals surface area contributed by atoms with Gasteiger partial charge in [0.05, 0.1) is 18.4 Å². The monoisotopic (exact) mass is 226 g/mol. The van der Waals surface area contributed by atoms with Crippen LogP contribution in [0, 0.1) is 6.92 Å². The fourth-order valence-corrected chi connectivity index (χ4v) is 1.81. The number of Topliss-reactive ketones (excluding diaryl/α,β-unsaturated/α-hetero) is 2. The Morgan fingerprint density at radius 2 is 2.00 bits per heavy atom. The van der Waals surface area contributed by atoms with Crippen LogP contribution in [0.5, 0.6) is 0 Å². The summed E-state index contributed by atoms with van der Waals surface area (Å²) in [6.07, 6.45) is -0.424. The number of ether oxygens (including phenoxy) is 1. The third-order valence-electron chi connectivity index (χ3n) is 1.75. The largest absolute Gasteiger partial charge is 0.463 e. The molecule has 4 nitrogen and oxygen atoms in total. The van der Waals surface area contributed by atoms with Gasteiger partial charge < -0.3 is 4.74 Å². The van der Waals surface area contributed by atoms with Crippen molar-refractivity contribution < 1.29 is 19.1 Å². The summed E-state index contributed by atoms with van der Waals surface area (Å²) in [7, 11) is 1.11. The lowest BCUT2D eigenvalue weighted by Gasteiger charge is -1.96. The van der Waals surface area contributed by atoms with Crippen LogP contribution in [0.2, 0.25) is 0 Å². The molecule has 80 valence electrons. The first-order valence-corrected chi connectivity index (χ1v) is 5.07. The standard InChI is InChI=1S/C10H10O4S/c1-6-3-4-9(15-6)7(11)5-8(12)10(13)14-2/h3-4H,5H2,1-2H3. The highest BCUT2D eigenvalue weighted by molar-refractivity contribution is 7.14. The van der Waals surface area contributed by atoms with E-state index >= 15 is 0 Å². The van der Waals surface area contributed by atoms with Crippen LogP contribution < -0.4 is 0 Å². The maximum atomic E-state index is 11.5. The molecule has 0 amide bonds. The number of rotatable bonds is 4. The summed E-state index contributed by atoms with van der Waals surface area (Å²) in [5, 5.41) is 0. The second-order valence-corrected chi connectivity index (χ2v) is 4.21. The molecule has 0 aliphatic rings. The molecule has 0 N–H and O–H groups in total. The highest BCUT2D eigenvalue weighted by atomic mass is 32.1. The number of carbonyl (C=O) groups excluding carboxylic acids is 3. The third kappa shape index (κ3) is 2.99. The van der Waals surface area contributed by atoms with Crippen LogP contribution in [0.15, 0.2) is 12.1 Å². The molecule has 0 aromatic carbocycles. The van der Waals surface area contributed by atoms with Crippen molar-refractivity contribution in [3.8, 4) is 0 Å². The van der Waals surface area contributed by atoms with Crippen molar-refractivity contribution in [2.24, 2.45) is 0 Å². The Kier molecular flexibility index (Phi) is 3.74. The van der Waals surface area contributed by atoms with Gasteiger partial charge >= 0.3 is 5.97 Å². The highest BCUT2D eigenvalue weighted by Gasteiger charge is 2.19. The molecule has 0 bridgehead atoms. The minimum atomic E-state index is -0.975. The molecule has 0 atom stereocenters. The van der Waals surface area contributed by atoms with Gasteiger partial charge in [-0.25, -0.2) is 4.79 Å². The zero-order chi connectivity index (χ0) is 11.4. The maximum absolute atomic E-state index is 11.5. The minimum Gasteiger partial charge on any atom is -0.463 e. The van der Waals surface area contributed by atoms with Crippen molar-refractivity contribution in [3.05, 3.63) is 21.9 Å². The molecule has 0 aliphatic carbocycles. The van der Waals surface area contributed by atoms with E-state index in [0.29, 0.717) is 4.88 Å². The van der Waals surface area contributed by atoms with E-state index in [4.69, 9.17) is 0 Å². The van der Waals surface area contributed by atoms with Crippen molar-refractivity contribution in [2.45, 2.75) is 13.3 Å². The highest BCUT2D eigenvalue weighted by Crippen LogP contribution is 2.16. The molecule has 0 spiro atoms. The van der Waals surface area contributed by atoms with Gasteiger partial charge in [0.1, 0.15) is 0 Å². The van der Waals surface area contributed by atoms with Crippen LogP contribution in [-0.4, -0.2) is 24.6 Å². The molecular weight excluding hydrogens is 216 g/mol. The first-order valence-electron chi connectivity index (χ1n) is 4.25. The zero-order valence-electron chi connectivity index (χ0n) is 8.40. The van der Waals surface area contributed by atoms with E-state index < -0.39 is 18.2 Å². The molecule has 0 aliphatic heterocycles. The summed E-state index contributed by atoms with van der Waals surface area (Å²) in [5.41, 5.74) is 0. The second-order valence-electron chi connectivity index (χ2n) is 2.93. The maximum Gasteiger partial charge on any atom is 0.374 e. The summed E-state index contributed by atoms with van der Waals surface area (Å²) in [6.45, 7) is 1.86. The fourth-order valence-electron chi connectivity index (χ4n) is 1.00. The van der Waals surface area contributed by atoms with E-state index in [9.17, 15) is 14.4 Å². The van der Waals surface area contributed by atoms with E-state index in [1.165, 1.54) is 11.3 Å². The van der Waals surface area contributed by atoms with Crippen molar-refractivity contribution in [3.63, 3.8) is 0 Å². The summed E-state index contributed by atoms with van der Waals surface area (Å²) < 4.78 is 4.22. The molecule has 1 rings (SSSR count). The number of methoxy groups -OCH3 is 1. The summed E-state index contributed by atoms with van der Waals surface area (Å²) in [5.74, 6) is -2.13. The summed E-state index contributed by atoms with van der Waals surface area (Å²) in [4.78, 5) is 34.8. The van der Waals surface area contributed by atoms with E-state index in [1.54, 1.807) is 12.1 Å². The summed E-state index contributed by atoms with van der Waals surface area (Å²) >= 11 is 1.30. The fraction of sp³-hybridized carbons (Fsp3) is 0.300. The Morgan fingerprint density at radius 1 is 1.33 bits per heavy atom. The molecule has 5 heteroatoms. The number of hydrogen-bond donors (Lipinski definition) is 0. The normalized spacial score (nSPS) is 9.73. The van der Waals surface area contributed by atoms with Gasteiger partial charge in [-0.05, 0) is 19.1 Å². The van der Waals surface area contributed by atoms with Crippen LogP contribution in [0.4, 0.5) is 0 Å². The van der Waals surface area contributed by atoms with Gasteiger partial charge in [-0.1, -0.05) is 0 Å².